The molecule has 6 nitrogen and oxygen atoms in total. The first kappa shape index (κ1) is 13.8. The van der Waals surface area contributed by atoms with Gasteiger partial charge in [0.05, 0.1) is 29.8 Å². The number of anilines is 1. The number of rotatable bonds is 6. The van der Waals surface area contributed by atoms with Crippen LogP contribution >= 0.6 is 0 Å². The van der Waals surface area contributed by atoms with E-state index in [9.17, 15) is 10.1 Å². The summed E-state index contributed by atoms with van der Waals surface area (Å²) < 4.78 is 5.27. The molecule has 6 heteroatoms. The van der Waals surface area contributed by atoms with Crippen molar-refractivity contribution in [2.75, 3.05) is 11.9 Å². The average Bonchev–Trinajstić information content (AvgIpc) is 2.47. The van der Waals surface area contributed by atoms with Crippen LogP contribution in [0.25, 0.3) is 0 Å². The summed E-state index contributed by atoms with van der Waals surface area (Å²) in [4.78, 5) is 14.8. The number of hydrogen-bond acceptors (Lipinski definition) is 5. The van der Waals surface area contributed by atoms with Crippen molar-refractivity contribution >= 4 is 11.4 Å². The SMILES string of the molecule is CCOc1ccc(NCc2ccccn2)c([N+](=O)[O-])c1. The van der Waals surface area contributed by atoms with E-state index in [2.05, 4.69) is 10.3 Å². The van der Waals surface area contributed by atoms with Crippen molar-refractivity contribution in [2.45, 2.75) is 13.5 Å². The third kappa shape index (κ3) is 3.44. The second kappa shape index (κ2) is 6.51. The molecule has 0 radical (unpaired) electrons. The molecule has 0 bridgehead atoms. The summed E-state index contributed by atoms with van der Waals surface area (Å²) >= 11 is 0. The molecular formula is C14H15N3O3. The van der Waals surface area contributed by atoms with E-state index in [-0.39, 0.29) is 5.69 Å². The van der Waals surface area contributed by atoms with Gasteiger partial charge in [-0.15, -0.1) is 0 Å². The molecule has 0 saturated carbocycles. The highest BCUT2D eigenvalue weighted by Gasteiger charge is 2.15. The minimum Gasteiger partial charge on any atom is -0.494 e. The predicted octanol–water partition coefficient (Wildman–Crippen LogP) is 3.00. The van der Waals surface area contributed by atoms with Crippen molar-refractivity contribution in [1.82, 2.24) is 4.98 Å². The summed E-state index contributed by atoms with van der Waals surface area (Å²) in [5, 5.41) is 14.1. The molecule has 1 aromatic heterocycles. The Morgan fingerprint density at radius 2 is 2.20 bits per heavy atom. The standard InChI is InChI=1S/C14H15N3O3/c1-2-20-12-6-7-13(14(9-12)17(18)19)16-10-11-5-3-4-8-15-11/h3-9,16H,2,10H2,1H3. The Kier molecular flexibility index (Phi) is 4.49. The molecule has 0 amide bonds. The fraction of sp³-hybridized carbons (Fsp3) is 0.214. The van der Waals surface area contributed by atoms with Crippen molar-refractivity contribution in [2.24, 2.45) is 0 Å². The van der Waals surface area contributed by atoms with Gasteiger partial charge in [0.2, 0.25) is 0 Å². The van der Waals surface area contributed by atoms with Gasteiger partial charge in [-0.2, -0.15) is 0 Å². The summed E-state index contributed by atoms with van der Waals surface area (Å²) in [7, 11) is 0. The fourth-order valence-electron chi connectivity index (χ4n) is 1.76. The minimum atomic E-state index is -0.427. The number of benzene rings is 1. The lowest BCUT2D eigenvalue weighted by Gasteiger charge is -2.08. The van der Waals surface area contributed by atoms with Crippen molar-refractivity contribution in [3.63, 3.8) is 0 Å². The van der Waals surface area contributed by atoms with Gasteiger partial charge >= 0.3 is 0 Å². The first-order valence-corrected chi connectivity index (χ1v) is 6.25. The van der Waals surface area contributed by atoms with Gasteiger partial charge in [0.1, 0.15) is 11.4 Å². The van der Waals surface area contributed by atoms with E-state index >= 15 is 0 Å². The highest BCUT2D eigenvalue weighted by atomic mass is 16.6. The van der Waals surface area contributed by atoms with Crippen molar-refractivity contribution in [3.05, 3.63) is 58.4 Å². The topological polar surface area (TPSA) is 77.3 Å². The van der Waals surface area contributed by atoms with Gasteiger partial charge in [0.15, 0.2) is 0 Å². The van der Waals surface area contributed by atoms with E-state index in [1.54, 1.807) is 18.3 Å². The summed E-state index contributed by atoms with van der Waals surface area (Å²) in [5.74, 6) is 0.489. The maximum absolute atomic E-state index is 11.1. The molecule has 0 saturated heterocycles. The number of nitro groups is 1. The van der Waals surface area contributed by atoms with Crippen LogP contribution in [0, 0.1) is 10.1 Å². The van der Waals surface area contributed by atoms with Crippen LogP contribution < -0.4 is 10.1 Å². The highest BCUT2D eigenvalue weighted by Crippen LogP contribution is 2.29. The molecule has 0 atom stereocenters. The molecule has 20 heavy (non-hydrogen) atoms. The lowest BCUT2D eigenvalue weighted by molar-refractivity contribution is -0.384. The predicted molar refractivity (Wildman–Crippen MR) is 75.8 cm³/mol. The number of ether oxygens (including phenoxy) is 1. The zero-order valence-corrected chi connectivity index (χ0v) is 11.1. The van der Waals surface area contributed by atoms with Gasteiger partial charge in [-0.25, -0.2) is 0 Å². The van der Waals surface area contributed by atoms with Crippen LogP contribution in [0.1, 0.15) is 12.6 Å². The summed E-state index contributed by atoms with van der Waals surface area (Å²) in [6.45, 7) is 2.73. The van der Waals surface area contributed by atoms with E-state index in [4.69, 9.17) is 4.74 Å². The van der Waals surface area contributed by atoms with Crippen LogP contribution in [0.5, 0.6) is 5.75 Å². The van der Waals surface area contributed by atoms with E-state index in [0.29, 0.717) is 24.6 Å². The Labute approximate surface area is 116 Å². The van der Waals surface area contributed by atoms with Gasteiger partial charge in [-0.05, 0) is 31.2 Å². The van der Waals surface area contributed by atoms with Crippen LogP contribution in [0.4, 0.5) is 11.4 Å². The van der Waals surface area contributed by atoms with E-state index in [1.807, 2.05) is 25.1 Å². The van der Waals surface area contributed by atoms with Crippen molar-refractivity contribution in [1.29, 1.82) is 0 Å². The number of aromatic nitrogens is 1. The molecule has 1 N–H and O–H groups in total. The summed E-state index contributed by atoms with van der Waals surface area (Å²) in [6, 6.07) is 10.3. The molecular weight excluding hydrogens is 258 g/mol. The molecule has 1 aromatic carbocycles. The Hall–Kier alpha value is -2.63. The molecule has 0 unspecified atom stereocenters. The number of pyridine rings is 1. The van der Waals surface area contributed by atoms with E-state index in [1.165, 1.54) is 6.07 Å². The van der Waals surface area contributed by atoms with Gasteiger partial charge in [-0.3, -0.25) is 15.1 Å². The van der Waals surface area contributed by atoms with Crippen LogP contribution in [0.3, 0.4) is 0 Å². The smallest absolute Gasteiger partial charge is 0.296 e. The lowest BCUT2D eigenvalue weighted by atomic mass is 10.2. The van der Waals surface area contributed by atoms with Gasteiger partial charge in [0.25, 0.3) is 5.69 Å². The van der Waals surface area contributed by atoms with Gasteiger partial charge in [-0.1, -0.05) is 6.07 Å². The molecule has 2 rings (SSSR count). The largest absolute Gasteiger partial charge is 0.494 e. The number of hydrogen-bond donors (Lipinski definition) is 1. The molecule has 1 heterocycles. The zero-order chi connectivity index (χ0) is 14.4. The highest BCUT2D eigenvalue weighted by molar-refractivity contribution is 5.63. The average molecular weight is 273 g/mol. The van der Waals surface area contributed by atoms with Crippen LogP contribution in [-0.2, 0) is 6.54 Å². The molecule has 0 spiro atoms. The minimum absolute atomic E-state index is 0.00752. The van der Waals surface area contributed by atoms with Crippen molar-refractivity contribution in [3.8, 4) is 5.75 Å². The van der Waals surface area contributed by atoms with E-state index < -0.39 is 4.92 Å². The molecule has 104 valence electrons. The quantitative estimate of drug-likeness (QED) is 0.646. The third-order valence-electron chi connectivity index (χ3n) is 2.66. The fourth-order valence-corrected chi connectivity index (χ4v) is 1.76. The Balaban J connectivity index is 2.16. The van der Waals surface area contributed by atoms with E-state index in [0.717, 1.165) is 5.69 Å². The monoisotopic (exact) mass is 273 g/mol. The Bertz CT molecular complexity index is 587. The number of nitro benzene ring substituents is 1. The Morgan fingerprint density at radius 1 is 1.35 bits per heavy atom. The molecule has 2 aromatic rings. The van der Waals surface area contributed by atoms with Crippen molar-refractivity contribution < 1.29 is 9.66 Å². The van der Waals surface area contributed by atoms with Gasteiger partial charge in [0, 0.05) is 6.20 Å². The molecule has 0 fully saturated rings. The zero-order valence-electron chi connectivity index (χ0n) is 11.1. The second-order valence-electron chi connectivity index (χ2n) is 4.04. The van der Waals surface area contributed by atoms with Crippen LogP contribution in [-0.4, -0.2) is 16.5 Å². The lowest BCUT2D eigenvalue weighted by Crippen LogP contribution is -2.04. The summed E-state index contributed by atoms with van der Waals surface area (Å²) in [5.41, 5.74) is 1.26. The maximum Gasteiger partial charge on any atom is 0.296 e. The molecule has 0 aliphatic rings. The maximum atomic E-state index is 11.1. The number of nitrogens with zero attached hydrogens (tertiary/aromatic N) is 2. The molecule has 0 aliphatic heterocycles. The molecule has 0 aliphatic carbocycles. The Morgan fingerprint density at radius 3 is 2.85 bits per heavy atom. The van der Waals surface area contributed by atoms with Gasteiger partial charge < -0.3 is 10.1 Å². The first-order chi connectivity index (χ1) is 9.70. The first-order valence-electron chi connectivity index (χ1n) is 6.25. The third-order valence-corrected chi connectivity index (χ3v) is 2.66. The normalized spacial score (nSPS) is 10.1. The second-order valence-corrected chi connectivity index (χ2v) is 4.04. The van der Waals surface area contributed by atoms with Crippen LogP contribution in [0.2, 0.25) is 0 Å². The van der Waals surface area contributed by atoms with Crippen LogP contribution in [0.15, 0.2) is 42.6 Å². The summed E-state index contributed by atoms with van der Waals surface area (Å²) in [6.07, 6.45) is 1.68. The number of nitrogens with one attached hydrogen (secondary N) is 1.